The molecule has 0 aromatic rings. The van der Waals surface area contributed by atoms with Crippen molar-refractivity contribution in [2.24, 2.45) is 4.99 Å². The molecule has 0 N–H and O–H groups in total. The highest BCUT2D eigenvalue weighted by Gasteiger charge is 2.00. The highest BCUT2D eigenvalue weighted by molar-refractivity contribution is 5.30. The van der Waals surface area contributed by atoms with E-state index in [-0.39, 0.29) is 0 Å². The maximum absolute atomic E-state index is 3.91. The number of aliphatic imine (C=N–C) groups is 1. The average molecular weight is 152 g/mol. The molecule has 0 aliphatic carbocycles. The predicted octanol–water partition coefficient (Wildman–Crippen LogP) is 2.40. The van der Waals surface area contributed by atoms with Gasteiger partial charge in [-0.2, -0.15) is 0 Å². The lowest BCUT2D eigenvalue weighted by atomic mass is 10.2. The summed E-state index contributed by atoms with van der Waals surface area (Å²) in [6, 6.07) is 0. The number of nitrogens with zero attached hydrogens (tertiary/aromatic N) is 2. The van der Waals surface area contributed by atoms with Crippen molar-refractivity contribution in [3.63, 3.8) is 0 Å². The Bertz CT molecular complexity index is 180. The minimum absolute atomic E-state index is 0.905. The summed E-state index contributed by atoms with van der Waals surface area (Å²) < 4.78 is 0. The van der Waals surface area contributed by atoms with Gasteiger partial charge in [0.1, 0.15) is 5.82 Å². The van der Waals surface area contributed by atoms with E-state index in [1.54, 1.807) is 6.20 Å². The lowest BCUT2D eigenvalue weighted by Gasteiger charge is -2.15. The molecule has 0 heterocycles. The van der Waals surface area contributed by atoms with Gasteiger partial charge < -0.3 is 4.90 Å². The van der Waals surface area contributed by atoms with Crippen LogP contribution in [0.3, 0.4) is 0 Å². The molecule has 11 heavy (non-hydrogen) atoms. The molecule has 62 valence electrons. The third kappa shape index (κ3) is 2.58. The first-order valence-electron chi connectivity index (χ1n) is 3.69. The number of allylic oxidation sites excluding steroid dienone is 1. The second kappa shape index (κ2) is 4.72. The molecule has 2 heteroatoms. The normalized spacial score (nSPS) is 11.9. The van der Waals surface area contributed by atoms with Crippen LogP contribution in [0.4, 0.5) is 0 Å². The van der Waals surface area contributed by atoms with Gasteiger partial charge in [0.05, 0.1) is 0 Å². The Morgan fingerprint density at radius 3 is 2.45 bits per heavy atom. The van der Waals surface area contributed by atoms with Crippen molar-refractivity contribution in [2.75, 3.05) is 7.05 Å². The minimum atomic E-state index is 0.905. The van der Waals surface area contributed by atoms with Crippen LogP contribution in [-0.2, 0) is 0 Å². The highest BCUT2D eigenvalue weighted by atomic mass is 15.2. The molecule has 0 amide bonds. The molecule has 0 saturated carbocycles. The van der Waals surface area contributed by atoms with Gasteiger partial charge in [-0.1, -0.05) is 13.5 Å². The van der Waals surface area contributed by atoms with Gasteiger partial charge >= 0.3 is 0 Å². The van der Waals surface area contributed by atoms with Crippen LogP contribution in [-0.4, -0.2) is 18.7 Å². The second-order valence-corrected chi connectivity index (χ2v) is 2.41. The van der Waals surface area contributed by atoms with E-state index in [9.17, 15) is 0 Å². The van der Waals surface area contributed by atoms with E-state index in [4.69, 9.17) is 0 Å². The van der Waals surface area contributed by atoms with Crippen LogP contribution in [0.25, 0.3) is 0 Å². The van der Waals surface area contributed by atoms with E-state index in [2.05, 4.69) is 25.2 Å². The van der Waals surface area contributed by atoms with Crippen LogP contribution in [0.2, 0.25) is 0 Å². The van der Waals surface area contributed by atoms with Gasteiger partial charge in [0.2, 0.25) is 0 Å². The summed E-state index contributed by atoms with van der Waals surface area (Å²) in [5.74, 6) is 0.905. The molecule has 0 spiro atoms. The third-order valence-corrected chi connectivity index (χ3v) is 1.67. The van der Waals surface area contributed by atoms with Crippen molar-refractivity contribution < 1.29 is 0 Å². The zero-order chi connectivity index (χ0) is 8.85. The molecule has 0 aromatic heterocycles. The first-order chi connectivity index (χ1) is 5.17. The molecule has 0 bridgehead atoms. The minimum Gasteiger partial charge on any atom is -0.337 e. The largest absolute Gasteiger partial charge is 0.337 e. The third-order valence-electron chi connectivity index (χ3n) is 1.67. The Labute approximate surface area is 68.9 Å². The van der Waals surface area contributed by atoms with E-state index in [0.29, 0.717) is 0 Å². The van der Waals surface area contributed by atoms with Crippen LogP contribution in [0.15, 0.2) is 29.2 Å². The maximum atomic E-state index is 3.91. The molecule has 0 saturated heterocycles. The fourth-order valence-electron chi connectivity index (χ4n) is 0.792. The van der Waals surface area contributed by atoms with Crippen molar-refractivity contribution in [2.45, 2.75) is 20.3 Å². The highest BCUT2D eigenvalue weighted by Crippen LogP contribution is 2.11. The van der Waals surface area contributed by atoms with Gasteiger partial charge in [-0.3, -0.25) is 0 Å². The summed E-state index contributed by atoms with van der Waals surface area (Å²) in [6.45, 7) is 11.3. The quantitative estimate of drug-likeness (QED) is 0.565. The molecule has 0 aliphatic heterocycles. The Hall–Kier alpha value is -1.05. The van der Waals surface area contributed by atoms with E-state index in [1.165, 1.54) is 5.57 Å². The Balaban J connectivity index is 4.63. The van der Waals surface area contributed by atoms with E-state index in [0.717, 1.165) is 12.2 Å². The van der Waals surface area contributed by atoms with E-state index >= 15 is 0 Å². The molecule has 0 aromatic carbocycles. The van der Waals surface area contributed by atoms with Crippen LogP contribution < -0.4 is 0 Å². The molecule has 0 fully saturated rings. The Morgan fingerprint density at radius 1 is 1.64 bits per heavy atom. The van der Waals surface area contributed by atoms with Crippen LogP contribution >= 0.6 is 0 Å². The Morgan fingerprint density at radius 2 is 2.18 bits per heavy atom. The van der Waals surface area contributed by atoms with Crippen molar-refractivity contribution in [3.05, 3.63) is 24.2 Å². The van der Waals surface area contributed by atoms with Gasteiger partial charge in [-0.05, 0) is 31.8 Å². The van der Waals surface area contributed by atoms with Crippen molar-refractivity contribution in [1.29, 1.82) is 0 Å². The molecule has 0 atom stereocenters. The standard InChI is InChI=1S/C9H16N2/c1-6-8(3)9(10-4)11(5)7-2/h7H,2,4,6H2,1,3,5H3/b9-8+. The monoisotopic (exact) mass is 152 g/mol. The zero-order valence-corrected chi connectivity index (χ0v) is 7.59. The zero-order valence-electron chi connectivity index (χ0n) is 7.59. The molecular formula is C9H16N2. The topological polar surface area (TPSA) is 15.6 Å². The maximum Gasteiger partial charge on any atom is 0.130 e. The number of hydrogen-bond donors (Lipinski definition) is 0. The summed E-state index contributed by atoms with van der Waals surface area (Å²) in [6.07, 6.45) is 2.72. The van der Waals surface area contributed by atoms with E-state index in [1.807, 2.05) is 18.9 Å². The summed E-state index contributed by atoms with van der Waals surface area (Å²) in [4.78, 5) is 5.78. The number of hydrogen-bond acceptors (Lipinski definition) is 2. The van der Waals surface area contributed by atoms with Gasteiger partial charge in [-0.25, -0.2) is 4.99 Å². The fraction of sp³-hybridized carbons (Fsp3) is 0.444. The fourth-order valence-corrected chi connectivity index (χ4v) is 0.792. The summed E-state index contributed by atoms with van der Waals surface area (Å²) in [5, 5.41) is 0. The lowest BCUT2D eigenvalue weighted by molar-refractivity contribution is 0.553. The first-order valence-corrected chi connectivity index (χ1v) is 3.69. The smallest absolute Gasteiger partial charge is 0.130 e. The molecular weight excluding hydrogens is 136 g/mol. The van der Waals surface area contributed by atoms with Crippen molar-refractivity contribution >= 4 is 6.72 Å². The number of rotatable bonds is 4. The molecule has 2 nitrogen and oxygen atoms in total. The van der Waals surface area contributed by atoms with Crippen LogP contribution in [0, 0.1) is 0 Å². The second-order valence-electron chi connectivity index (χ2n) is 2.41. The van der Waals surface area contributed by atoms with Gasteiger partial charge in [0.25, 0.3) is 0 Å². The summed E-state index contributed by atoms with van der Waals surface area (Å²) in [7, 11) is 1.91. The average Bonchev–Trinajstić information content (AvgIpc) is 2.05. The predicted molar refractivity (Wildman–Crippen MR) is 50.5 cm³/mol. The molecule has 0 unspecified atom stereocenters. The van der Waals surface area contributed by atoms with Gasteiger partial charge in [0.15, 0.2) is 0 Å². The Kier molecular flexibility index (Phi) is 4.27. The molecule has 0 aliphatic rings. The summed E-state index contributed by atoms with van der Waals surface area (Å²) >= 11 is 0. The van der Waals surface area contributed by atoms with Crippen LogP contribution in [0.5, 0.6) is 0 Å². The van der Waals surface area contributed by atoms with E-state index < -0.39 is 0 Å². The lowest BCUT2D eigenvalue weighted by Crippen LogP contribution is -2.09. The SMILES string of the molecule is C=CN(C)/C(N=C)=C(\C)CC. The van der Waals surface area contributed by atoms with Crippen molar-refractivity contribution in [1.82, 2.24) is 4.90 Å². The van der Waals surface area contributed by atoms with Gasteiger partial charge in [0, 0.05) is 7.05 Å². The first kappa shape index (κ1) is 9.95. The van der Waals surface area contributed by atoms with Crippen LogP contribution in [0.1, 0.15) is 20.3 Å². The van der Waals surface area contributed by atoms with Crippen molar-refractivity contribution in [3.8, 4) is 0 Å². The van der Waals surface area contributed by atoms with Gasteiger partial charge in [-0.15, -0.1) is 0 Å². The summed E-state index contributed by atoms with van der Waals surface area (Å²) in [5.41, 5.74) is 1.22. The molecule has 0 radical (unpaired) electrons. The molecule has 0 rings (SSSR count).